The van der Waals surface area contributed by atoms with E-state index in [1.54, 1.807) is 6.20 Å². The van der Waals surface area contributed by atoms with E-state index in [9.17, 15) is 0 Å². The minimum absolute atomic E-state index is 0.224. The monoisotopic (exact) mass is 306 g/mol. The number of aliphatic hydroxyl groups is 1. The Morgan fingerprint density at radius 2 is 2.38 bits per heavy atom. The molecule has 0 saturated carbocycles. The van der Waals surface area contributed by atoms with Crippen LogP contribution in [0.1, 0.15) is 19.8 Å². The fourth-order valence-corrected chi connectivity index (χ4v) is 2.12. The normalized spacial score (nSPS) is 12.5. The minimum Gasteiger partial charge on any atom is -0.396 e. The highest BCUT2D eigenvalue weighted by atomic mass is 79.9. The molecule has 5 heteroatoms. The third-order valence-corrected chi connectivity index (χ3v) is 3.20. The molecule has 0 fully saturated rings. The Labute approximate surface area is 109 Å². The van der Waals surface area contributed by atoms with Gasteiger partial charge in [0.2, 0.25) is 0 Å². The van der Waals surface area contributed by atoms with E-state index < -0.39 is 0 Å². The summed E-state index contributed by atoms with van der Waals surface area (Å²) >= 11 is 9.34. The Morgan fingerprint density at radius 3 is 2.94 bits per heavy atom. The van der Waals surface area contributed by atoms with E-state index in [0.29, 0.717) is 16.8 Å². The number of halogens is 2. The van der Waals surface area contributed by atoms with E-state index in [-0.39, 0.29) is 6.61 Å². The average Bonchev–Trinajstić information content (AvgIpc) is 2.26. The van der Waals surface area contributed by atoms with Gasteiger partial charge in [-0.3, -0.25) is 0 Å². The standard InChI is InChI=1S/C11H16BrClN2O/c1-2-8(3-4-16)6-14-11-10(13)5-9(12)7-15-11/h5,7-8,16H,2-4,6H2,1H3,(H,14,15). The number of aliphatic hydroxyl groups excluding tert-OH is 1. The smallest absolute Gasteiger partial charge is 0.144 e. The van der Waals surface area contributed by atoms with E-state index >= 15 is 0 Å². The van der Waals surface area contributed by atoms with Crippen LogP contribution in [-0.4, -0.2) is 23.2 Å². The van der Waals surface area contributed by atoms with Crippen LogP contribution in [0.15, 0.2) is 16.7 Å². The molecule has 0 aliphatic heterocycles. The van der Waals surface area contributed by atoms with Gasteiger partial charge in [0.1, 0.15) is 5.82 Å². The number of anilines is 1. The van der Waals surface area contributed by atoms with Crippen LogP contribution in [0.5, 0.6) is 0 Å². The van der Waals surface area contributed by atoms with Crippen molar-refractivity contribution in [3.8, 4) is 0 Å². The van der Waals surface area contributed by atoms with E-state index in [1.165, 1.54) is 0 Å². The van der Waals surface area contributed by atoms with Gasteiger partial charge < -0.3 is 10.4 Å². The Hall–Kier alpha value is -0.320. The van der Waals surface area contributed by atoms with Crippen LogP contribution in [0, 0.1) is 5.92 Å². The lowest BCUT2D eigenvalue weighted by Gasteiger charge is -2.15. The molecule has 1 unspecified atom stereocenters. The number of aromatic nitrogens is 1. The topological polar surface area (TPSA) is 45.1 Å². The molecule has 1 aromatic heterocycles. The van der Waals surface area contributed by atoms with Crippen LogP contribution in [0.2, 0.25) is 5.02 Å². The molecule has 0 bridgehead atoms. The average molecular weight is 308 g/mol. The molecule has 1 atom stereocenters. The van der Waals surface area contributed by atoms with Crippen molar-refractivity contribution in [1.29, 1.82) is 0 Å². The van der Waals surface area contributed by atoms with Gasteiger partial charge in [0.25, 0.3) is 0 Å². The van der Waals surface area contributed by atoms with Crippen LogP contribution in [0.3, 0.4) is 0 Å². The molecule has 3 nitrogen and oxygen atoms in total. The molecule has 90 valence electrons. The summed E-state index contributed by atoms with van der Waals surface area (Å²) in [5.74, 6) is 1.15. The van der Waals surface area contributed by atoms with Crippen molar-refractivity contribution in [3.63, 3.8) is 0 Å². The van der Waals surface area contributed by atoms with Crippen molar-refractivity contribution < 1.29 is 5.11 Å². The SMILES string of the molecule is CCC(CCO)CNc1ncc(Br)cc1Cl. The van der Waals surface area contributed by atoms with E-state index in [1.807, 2.05) is 6.07 Å². The summed E-state index contributed by atoms with van der Waals surface area (Å²) in [5.41, 5.74) is 0. The number of pyridine rings is 1. The van der Waals surface area contributed by atoms with Gasteiger partial charge >= 0.3 is 0 Å². The first-order chi connectivity index (χ1) is 7.67. The lowest BCUT2D eigenvalue weighted by molar-refractivity contribution is 0.258. The number of hydrogen-bond acceptors (Lipinski definition) is 3. The summed E-state index contributed by atoms with van der Waals surface area (Å²) in [4.78, 5) is 4.19. The Balaban J connectivity index is 2.53. The maximum atomic E-state index is 8.88. The van der Waals surface area contributed by atoms with Crippen molar-refractivity contribution in [2.45, 2.75) is 19.8 Å². The summed E-state index contributed by atoms with van der Waals surface area (Å²) in [6.45, 7) is 3.12. The maximum absolute atomic E-state index is 8.88. The zero-order valence-electron chi connectivity index (χ0n) is 9.21. The molecule has 1 heterocycles. The van der Waals surface area contributed by atoms with Crippen LogP contribution >= 0.6 is 27.5 Å². The molecule has 16 heavy (non-hydrogen) atoms. The molecule has 0 aliphatic carbocycles. The van der Waals surface area contributed by atoms with Crippen molar-refractivity contribution in [2.24, 2.45) is 5.92 Å². The highest BCUT2D eigenvalue weighted by Gasteiger charge is 2.07. The molecule has 2 N–H and O–H groups in total. The lowest BCUT2D eigenvalue weighted by atomic mass is 10.0. The number of hydrogen-bond donors (Lipinski definition) is 2. The molecule has 0 spiro atoms. The molecule has 0 radical (unpaired) electrons. The van der Waals surface area contributed by atoms with Gasteiger partial charge in [-0.05, 0) is 34.3 Å². The van der Waals surface area contributed by atoms with Crippen LogP contribution in [-0.2, 0) is 0 Å². The molecule has 1 aromatic rings. The highest BCUT2D eigenvalue weighted by Crippen LogP contribution is 2.23. The zero-order chi connectivity index (χ0) is 12.0. The molecule has 0 saturated heterocycles. The molecular weight excluding hydrogens is 291 g/mol. The van der Waals surface area contributed by atoms with Crippen LogP contribution < -0.4 is 5.32 Å². The first-order valence-corrected chi connectivity index (χ1v) is 6.50. The second kappa shape index (κ2) is 7.09. The molecular formula is C11H16BrClN2O. The Morgan fingerprint density at radius 1 is 1.62 bits per heavy atom. The third-order valence-electron chi connectivity index (χ3n) is 2.48. The van der Waals surface area contributed by atoms with Crippen LogP contribution in [0.4, 0.5) is 5.82 Å². The van der Waals surface area contributed by atoms with Crippen molar-refractivity contribution in [1.82, 2.24) is 4.98 Å². The molecule has 1 rings (SSSR count). The quantitative estimate of drug-likeness (QED) is 0.847. The Kier molecular flexibility index (Phi) is 6.09. The van der Waals surface area contributed by atoms with Gasteiger partial charge in [0.15, 0.2) is 0 Å². The predicted octanol–water partition coefficient (Wildman–Crippen LogP) is 3.32. The lowest BCUT2D eigenvalue weighted by Crippen LogP contribution is -2.15. The molecule has 0 amide bonds. The maximum Gasteiger partial charge on any atom is 0.144 e. The predicted molar refractivity (Wildman–Crippen MR) is 70.9 cm³/mol. The fourth-order valence-electron chi connectivity index (χ4n) is 1.42. The summed E-state index contributed by atoms with van der Waals surface area (Å²) in [5, 5.41) is 12.7. The fraction of sp³-hybridized carbons (Fsp3) is 0.545. The van der Waals surface area contributed by atoms with Crippen molar-refractivity contribution >= 4 is 33.3 Å². The van der Waals surface area contributed by atoms with Gasteiger partial charge in [0, 0.05) is 23.8 Å². The minimum atomic E-state index is 0.224. The number of nitrogens with one attached hydrogen (secondary N) is 1. The first-order valence-electron chi connectivity index (χ1n) is 5.33. The van der Waals surface area contributed by atoms with Gasteiger partial charge in [-0.25, -0.2) is 4.98 Å². The second-order valence-corrected chi connectivity index (χ2v) is 4.97. The summed E-state index contributed by atoms with van der Waals surface area (Å²) in [6, 6.07) is 1.81. The number of nitrogens with zero attached hydrogens (tertiary/aromatic N) is 1. The first kappa shape index (κ1) is 13.7. The van der Waals surface area contributed by atoms with Crippen molar-refractivity contribution in [3.05, 3.63) is 21.8 Å². The van der Waals surface area contributed by atoms with Gasteiger partial charge in [-0.15, -0.1) is 0 Å². The summed E-state index contributed by atoms with van der Waals surface area (Å²) in [7, 11) is 0. The van der Waals surface area contributed by atoms with Crippen molar-refractivity contribution in [2.75, 3.05) is 18.5 Å². The van der Waals surface area contributed by atoms with Crippen LogP contribution in [0.25, 0.3) is 0 Å². The largest absolute Gasteiger partial charge is 0.396 e. The van der Waals surface area contributed by atoms with Gasteiger partial charge in [0.05, 0.1) is 5.02 Å². The highest BCUT2D eigenvalue weighted by molar-refractivity contribution is 9.10. The number of rotatable bonds is 6. The third kappa shape index (κ3) is 4.28. The van der Waals surface area contributed by atoms with E-state index in [2.05, 4.69) is 33.2 Å². The van der Waals surface area contributed by atoms with Gasteiger partial charge in [-0.1, -0.05) is 24.9 Å². The second-order valence-electron chi connectivity index (χ2n) is 3.65. The molecule has 0 aliphatic rings. The van der Waals surface area contributed by atoms with E-state index in [4.69, 9.17) is 16.7 Å². The Bertz CT molecular complexity index is 336. The molecule has 0 aromatic carbocycles. The summed E-state index contributed by atoms with van der Waals surface area (Å²) in [6.07, 6.45) is 3.54. The zero-order valence-corrected chi connectivity index (χ0v) is 11.6. The summed E-state index contributed by atoms with van der Waals surface area (Å²) < 4.78 is 0.866. The van der Waals surface area contributed by atoms with E-state index in [0.717, 1.165) is 23.9 Å². The van der Waals surface area contributed by atoms with Gasteiger partial charge in [-0.2, -0.15) is 0 Å².